The summed E-state index contributed by atoms with van der Waals surface area (Å²) in [5.74, 6) is -1.15. The Labute approximate surface area is 204 Å². The molecule has 0 aliphatic carbocycles. The number of likely N-dealkylation sites (tertiary alicyclic amines) is 1. The molecule has 34 heavy (non-hydrogen) atoms. The Hall–Kier alpha value is -3.16. The van der Waals surface area contributed by atoms with Gasteiger partial charge in [-0.25, -0.2) is 0 Å². The third-order valence-corrected chi connectivity index (χ3v) is 6.65. The van der Waals surface area contributed by atoms with Gasteiger partial charge in [0.05, 0.1) is 21.7 Å². The van der Waals surface area contributed by atoms with Gasteiger partial charge < -0.3 is 14.8 Å². The van der Waals surface area contributed by atoms with E-state index in [4.69, 9.17) is 11.6 Å². The third kappa shape index (κ3) is 5.00. The highest BCUT2D eigenvalue weighted by atomic mass is 35.5. The highest BCUT2D eigenvalue weighted by Crippen LogP contribution is 2.28. The molecular weight excluding hydrogens is 452 g/mol. The van der Waals surface area contributed by atoms with E-state index in [0.717, 1.165) is 26.1 Å². The second-order valence-corrected chi connectivity index (χ2v) is 9.52. The maximum atomic E-state index is 13.0. The summed E-state index contributed by atoms with van der Waals surface area (Å²) in [6.45, 7) is 3.38. The number of halogens is 1. The minimum atomic E-state index is -0.617. The minimum Gasteiger partial charge on any atom is -0.352 e. The molecule has 1 atom stereocenters. The summed E-state index contributed by atoms with van der Waals surface area (Å²) in [7, 11) is 4.84. The van der Waals surface area contributed by atoms with Gasteiger partial charge in [0.25, 0.3) is 17.6 Å². The van der Waals surface area contributed by atoms with E-state index in [0.29, 0.717) is 34.0 Å². The summed E-state index contributed by atoms with van der Waals surface area (Å²) in [6.07, 6.45) is 2.62. The number of likely N-dealkylation sites (N-methyl/N-ethyl adjacent to an activating group) is 1. The predicted molar refractivity (Wildman–Crippen MR) is 133 cm³/mol. The molecule has 1 aliphatic rings. The Kier molecular flexibility index (Phi) is 7.05. The predicted octanol–water partition coefficient (Wildman–Crippen LogP) is 3.35. The molecule has 1 fully saturated rings. The first-order valence-electron chi connectivity index (χ1n) is 11.3. The molecule has 2 amide bonds. The van der Waals surface area contributed by atoms with Crippen LogP contribution in [0.15, 0.2) is 48.7 Å². The number of aryl methyl sites for hydroxylation is 1. The zero-order valence-electron chi connectivity index (χ0n) is 19.7. The second-order valence-electron chi connectivity index (χ2n) is 9.12. The summed E-state index contributed by atoms with van der Waals surface area (Å²) in [5.41, 5.74) is 2.53. The van der Waals surface area contributed by atoms with Crippen molar-refractivity contribution >= 4 is 40.1 Å². The number of nitrogens with zero attached hydrogens (tertiary/aromatic N) is 3. The lowest BCUT2D eigenvalue weighted by atomic mass is 10.0. The molecule has 0 bridgehead atoms. The molecule has 0 saturated carbocycles. The van der Waals surface area contributed by atoms with Gasteiger partial charge >= 0.3 is 0 Å². The molecule has 1 aliphatic heterocycles. The normalized spacial score (nSPS) is 16.1. The maximum Gasteiger partial charge on any atom is 0.294 e. The highest BCUT2D eigenvalue weighted by Gasteiger charge is 2.26. The monoisotopic (exact) mass is 480 g/mol. The van der Waals surface area contributed by atoms with Crippen molar-refractivity contribution in [1.29, 1.82) is 0 Å². The van der Waals surface area contributed by atoms with E-state index < -0.39 is 11.7 Å². The molecule has 1 aromatic heterocycles. The number of rotatable bonds is 7. The van der Waals surface area contributed by atoms with Gasteiger partial charge in [-0.2, -0.15) is 0 Å². The van der Waals surface area contributed by atoms with Crippen LogP contribution in [0.1, 0.15) is 32.7 Å². The van der Waals surface area contributed by atoms with E-state index in [1.165, 1.54) is 24.6 Å². The summed E-state index contributed by atoms with van der Waals surface area (Å²) < 4.78 is 1.74. The SMILES string of the molecule is CN(C)C(=O)C(=O)c1cn(C)c2cc(Cl)c(C(=O)NC[C@@H]3CCN(Cc4ccccc4)C3)cc12. The average molecular weight is 481 g/mol. The van der Waals surface area contributed by atoms with Gasteiger partial charge in [0, 0.05) is 52.4 Å². The van der Waals surface area contributed by atoms with Crippen molar-refractivity contribution in [3.8, 4) is 0 Å². The second kappa shape index (κ2) is 9.99. The van der Waals surface area contributed by atoms with Gasteiger partial charge in [0.2, 0.25) is 0 Å². The van der Waals surface area contributed by atoms with E-state index in [-0.39, 0.29) is 11.5 Å². The first-order chi connectivity index (χ1) is 16.2. The molecule has 178 valence electrons. The molecular formula is C26H29ClN4O3. The standard InChI is InChI=1S/C26H29ClN4O3/c1-29(2)26(34)24(32)21-16-30(3)23-12-22(27)20(11-19(21)23)25(33)28-13-18-9-10-31(15-18)14-17-7-5-4-6-8-17/h4-8,11-12,16,18H,9-10,13-15H2,1-3H3,(H,28,33)/t18-/m0/s1. The summed E-state index contributed by atoms with van der Waals surface area (Å²) in [5, 5.41) is 3.85. The number of ketones is 1. The number of carbonyl (C=O) groups excluding carboxylic acids is 3. The van der Waals surface area contributed by atoms with E-state index in [9.17, 15) is 14.4 Å². The molecule has 0 radical (unpaired) electrons. The lowest BCUT2D eigenvalue weighted by Gasteiger charge is -2.16. The van der Waals surface area contributed by atoms with Crippen molar-refractivity contribution in [2.45, 2.75) is 13.0 Å². The van der Waals surface area contributed by atoms with Crippen molar-refractivity contribution in [2.75, 3.05) is 33.7 Å². The Bertz CT molecular complexity index is 1240. The van der Waals surface area contributed by atoms with Gasteiger partial charge in [-0.05, 0) is 36.6 Å². The number of nitrogens with one attached hydrogen (secondary N) is 1. The quantitative estimate of drug-likeness (QED) is 0.415. The van der Waals surface area contributed by atoms with Crippen LogP contribution in [0, 0.1) is 5.92 Å². The van der Waals surface area contributed by atoms with Crippen LogP contribution in [0.5, 0.6) is 0 Å². The van der Waals surface area contributed by atoms with Gasteiger partial charge in [-0.3, -0.25) is 19.3 Å². The summed E-state index contributed by atoms with van der Waals surface area (Å²) in [6, 6.07) is 13.6. The van der Waals surface area contributed by atoms with Crippen LogP contribution >= 0.6 is 11.6 Å². The number of carbonyl (C=O) groups is 3. The van der Waals surface area contributed by atoms with Crippen LogP contribution in [0.3, 0.4) is 0 Å². The molecule has 3 aromatic rings. The first kappa shape index (κ1) is 24.0. The van der Waals surface area contributed by atoms with Gasteiger partial charge in [-0.15, -0.1) is 0 Å². The molecule has 1 saturated heterocycles. The molecule has 1 N–H and O–H groups in total. The van der Waals surface area contributed by atoms with Crippen LogP contribution in [0.4, 0.5) is 0 Å². The Morgan fingerprint density at radius 2 is 1.85 bits per heavy atom. The van der Waals surface area contributed by atoms with E-state index in [1.807, 2.05) is 18.2 Å². The number of fused-ring (bicyclic) bond motifs is 1. The zero-order chi connectivity index (χ0) is 24.4. The Morgan fingerprint density at radius 3 is 2.56 bits per heavy atom. The molecule has 8 heteroatoms. The number of aromatic nitrogens is 1. The number of hydrogen-bond acceptors (Lipinski definition) is 4. The molecule has 0 spiro atoms. The molecule has 4 rings (SSSR count). The van der Waals surface area contributed by atoms with Crippen molar-refractivity contribution in [3.05, 3.63) is 70.4 Å². The molecule has 7 nitrogen and oxygen atoms in total. The molecule has 2 heterocycles. The number of Topliss-reactive ketones (excluding diaryl/α,β-unsaturated/α-hetero) is 1. The number of amides is 2. The van der Waals surface area contributed by atoms with Gasteiger partial charge in [0.15, 0.2) is 0 Å². The van der Waals surface area contributed by atoms with Crippen LogP contribution in [-0.2, 0) is 18.4 Å². The van der Waals surface area contributed by atoms with E-state index >= 15 is 0 Å². The lowest BCUT2D eigenvalue weighted by Crippen LogP contribution is -2.31. The third-order valence-electron chi connectivity index (χ3n) is 6.34. The van der Waals surface area contributed by atoms with Crippen LogP contribution < -0.4 is 5.32 Å². The minimum absolute atomic E-state index is 0.259. The smallest absolute Gasteiger partial charge is 0.294 e. The Morgan fingerprint density at radius 1 is 1.12 bits per heavy atom. The fraction of sp³-hybridized carbons (Fsp3) is 0.346. The van der Waals surface area contributed by atoms with Crippen molar-refractivity contribution in [1.82, 2.24) is 19.7 Å². The average Bonchev–Trinajstić information content (AvgIpc) is 3.40. The van der Waals surface area contributed by atoms with Crippen LogP contribution in [0.25, 0.3) is 10.9 Å². The maximum absolute atomic E-state index is 13.0. The van der Waals surface area contributed by atoms with Crippen LogP contribution in [-0.4, -0.2) is 65.7 Å². The number of benzene rings is 2. The van der Waals surface area contributed by atoms with Gasteiger partial charge in [-0.1, -0.05) is 41.9 Å². The zero-order valence-corrected chi connectivity index (χ0v) is 20.4. The van der Waals surface area contributed by atoms with E-state index in [2.05, 4.69) is 22.3 Å². The fourth-order valence-electron chi connectivity index (χ4n) is 4.47. The van der Waals surface area contributed by atoms with Crippen LogP contribution in [0.2, 0.25) is 5.02 Å². The highest BCUT2D eigenvalue weighted by molar-refractivity contribution is 6.45. The molecule has 2 aromatic carbocycles. The molecule has 0 unspecified atom stereocenters. The largest absolute Gasteiger partial charge is 0.352 e. The van der Waals surface area contributed by atoms with Crippen molar-refractivity contribution in [3.63, 3.8) is 0 Å². The fourth-order valence-corrected chi connectivity index (χ4v) is 4.72. The Balaban J connectivity index is 1.45. The van der Waals surface area contributed by atoms with Crippen molar-refractivity contribution in [2.24, 2.45) is 13.0 Å². The van der Waals surface area contributed by atoms with E-state index in [1.54, 1.807) is 29.9 Å². The summed E-state index contributed by atoms with van der Waals surface area (Å²) >= 11 is 6.44. The number of hydrogen-bond donors (Lipinski definition) is 1. The lowest BCUT2D eigenvalue weighted by molar-refractivity contribution is -0.124. The first-order valence-corrected chi connectivity index (χ1v) is 11.7. The topological polar surface area (TPSA) is 74.6 Å². The summed E-state index contributed by atoms with van der Waals surface area (Å²) in [4.78, 5) is 41.6. The van der Waals surface area contributed by atoms with Gasteiger partial charge in [0.1, 0.15) is 0 Å². The van der Waals surface area contributed by atoms with Crippen molar-refractivity contribution < 1.29 is 14.4 Å².